The van der Waals surface area contributed by atoms with Crippen LogP contribution in [-0.2, 0) is 9.31 Å². The summed E-state index contributed by atoms with van der Waals surface area (Å²) in [6.45, 7) is 8.37. The SMILES string of the molecule is CC1(C)OB(c2cccc3c2ccc2ccc4ccc5nc(-c6ccc(-c7ccccc7)cc6)oc5c4c23)OC1(C)C. The average Bonchev–Trinajstić information content (AvgIpc) is 3.54. The molecule has 4 nitrogen and oxygen atoms in total. The quantitative estimate of drug-likeness (QED) is 0.164. The molecule has 1 aliphatic rings. The van der Waals surface area contributed by atoms with Crippen molar-refractivity contribution in [2.75, 3.05) is 0 Å². The fourth-order valence-electron chi connectivity index (χ4n) is 6.14. The van der Waals surface area contributed by atoms with E-state index in [0.29, 0.717) is 5.89 Å². The third-order valence-electron chi connectivity index (χ3n) is 9.16. The number of fused-ring (bicyclic) bond motifs is 7. The third kappa shape index (κ3) is 3.81. The lowest BCUT2D eigenvalue weighted by molar-refractivity contribution is 0.00578. The van der Waals surface area contributed by atoms with Gasteiger partial charge in [0.05, 0.1) is 11.2 Å². The van der Waals surface area contributed by atoms with Crippen LogP contribution >= 0.6 is 0 Å². The maximum Gasteiger partial charge on any atom is 0.495 e. The van der Waals surface area contributed by atoms with E-state index in [1.807, 2.05) is 6.07 Å². The first-order valence-electron chi connectivity index (χ1n) is 14.5. The number of aromatic nitrogens is 1. The summed E-state index contributed by atoms with van der Waals surface area (Å²) >= 11 is 0. The highest BCUT2D eigenvalue weighted by Crippen LogP contribution is 2.40. The van der Waals surface area contributed by atoms with Crippen LogP contribution < -0.4 is 5.46 Å². The van der Waals surface area contributed by atoms with Crippen molar-refractivity contribution in [1.82, 2.24) is 4.98 Å². The lowest BCUT2D eigenvalue weighted by Crippen LogP contribution is -2.41. The van der Waals surface area contributed by atoms with Crippen LogP contribution in [0.5, 0.6) is 0 Å². The van der Waals surface area contributed by atoms with E-state index in [9.17, 15) is 0 Å². The van der Waals surface area contributed by atoms with Gasteiger partial charge in [0, 0.05) is 16.3 Å². The van der Waals surface area contributed by atoms with Gasteiger partial charge in [-0.1, -0.05) is 91.0 Å². The molecule has 0 radical (unpaired) electrons. The van der Waals surface area contributed by atoms with Crippen molar-refractivity contribution in [3.8, 4) is 22.6 Å². The van der Waals surface area contributed by atoms with Gasteiger partial charge in [0.25, 0.3) is 0 Å². The van der Waals surface area contributed by atoms with E-state index in [1.54, 1.807) is 0 Å². The number of benzene rings is 6. The second-order valence-electron chi connectivity index (χ2n) is 12.2. The highest BCUT2D eigenvalue weighted by atomic mass is 16.7. The molecule has 0 saturated carbocycles. The Balaban J connectivity index is 1.31. The Morgan fingerprint density at radius 3 is 1.90 bits per heavy atom. The standard InChI is InChI=1S/C37H30BNO3/c1-36(2)37(3,4)42-38(41-36)30-12-8-11-29-28(30)21-19-25-15-16-26-20-22-31-34(33(26)32(25)29)40-35(39-31)27-17-13-24(14-18-27)23-9-6-5-7-10-23/h5-22H,1-4H3. The predicted octanol–water partition coefficient (Wildman–Crippen LogP) is 8.92. The first-order valence-corrected chi connectivity index (χ1v) is 14.5. The minimum Gasteiger partial charge on any atom is -0.435 e. The highest BCUT2D eigenvalue weighted by molar-refractivity contribution is 6.65. The molecule has 1 aliphatic heterocycles. The molecule has 8 rings (SSSR count). The van der Waals surface area contributed by atoms with Crippen LogP contribution in [0, 0.1) is 0 Å². The summed E-state index contributed by atoms with van der Waals surface area (Å²) in [4.78, 5) is 4.93. The zero-order valence-electron chi connectivity index (χ0n) is 24.1. The van der Waals surface area contributed by atoms with Gasteiger partial charge in [0.15, 0.2) is 5.58 Å². The first kappa shape index (κ1) is 25.3. The van der Waals surface area contributed by atoms with Crippen molar-refractivity contribution in [3.63, 3.8) is 0 Å². The summed E-state index contributed by atoms with van der Waals surface area (Å²) in [6.07, 6.45) is 0. The molecule has 6 aromatic carbocycles. The van der Waals surface area contributed by atoms with Gasteiger partial charge >= 0.3 is 7.12 Å². The molecule has 2 heterocycles. The molecule has 0 N–H and O–H groups in total. The van der Waals surface area contributed by atoms with Crippen molar-refractivity contribution < 1.29 is 13.7 Å². The summed E-state index contributed by atoms with van der Waals surface area (Å²) in [5.74, 6) is 0.618. The third-order valence-corrected chi connectivity index (χ3v) is 9.16. The summed E-state index contributed by atoms with van der Waals surface area (Å²) < 4.78 is 19.5. The zero-order chi connectivity index (χ0) is 28.6. The molecule has 0 bridgehead atoms. The van der Waals surface area contributed by atoms with Crippen molar-refractivity contribution >= 4 is 56.0 Å². The van der Waals surface area contributed by atoms with Crippen LogP contribution in [0.15, 0.2) is 114 Å². The van der Waals surface area contributed by atoms with Gasteiger partial charge in [-0.15, -0.1) is 0 Å². The topological polar surface area (TPSA) is 44.5 Å². The number of nitrogens with zero attached hydrogens (tertiary/aromatic N) is 1. The lowest BCUT2D eigenvalue weighted by atomic mass is 9.75. The summed E-state index contributed by atoms with van der Waals surface area (Å²) in [6, 6.07) is 38.1. The van der Waals surface area contributed by atoms with Gasteiger partial charge in [0.2, 0.25) is 5.89 Å². The predicted molar refractivity (Wildman–Crippen MR) is 173 cm³/mol. The van der Waals surface area contributed by atoms with E-state index in [1.165, 1.54) is 5.56 Å². The molecule has 0 amide bonds. The van der Waals surface area contributed by atoms with Crippen molar-refractivity contribution in [1.29, 1.82) is 0 Å². The Kier molecular flexibility index (Phi) is 5.43. The van der Waals surface area contributed by atoms with E-state index in [0.717, 1.165) is 60.0 Å². The Labute approximate surface area is 245 Å². The number of hydrogen-bond donors (Lipinski definition) is 0. The Hall–Kier alpha value is -4.45. The number of rotatable bonds is 3. The fraction of sp³-hybridized carbons (Fsp3) is 0.162. The number of oxazole rings is 1. The fourth-order valence-corrected chi connectivity index (χ4v) is 6.14. The molecule has 0 spiro atoms. The molecule has 7 aromatic rings. The minimum absolute atomic E-state index is 0.412. The second kappa shape index (κ2) is 9.03. The average molecular weight is 547 g/mol. The van der Waals surface area contributed by atoms with Crippen LogP contribution in [0.25, 0.3) is 66.0 Å². The molecular weight excluding hydrogens is 517 g/mol. The van der Waals surface area contributed by atoms with Gasteiger partial charge in [-0.3, -0.25) is 0 Å². The van der Waals surface area contributed by atoms with Crippen molar-refractivity contribution in [3.05, 3.63) is 109 Å². The molecular formula is C37H30BNO3. The van der Waals surface area contributed by atoms with Crippen molar-refractivity contribution in [2.24, 2.45) is 0 Å². The lowest BCUT2D eigenvalue weighted by Gasteiger charge is -2.32. The molecule has 204 valence electrons. The Morgan fingerprint density at radius 1 is 0.548 bits per heavy atom. The smallest absolute Gasteiger partial charge is 0.435 e. The molecule has 0 unspecified atom stereocenters. The normalized spacial score (nSPS) is 16.2. The van der Waals surface area contributed by atoms with E-state index < -0.39 is 18.3 Å². The molecule has 1 aromatic heterocycles. The van der Waals surface area contributed by atoms with Crippen LogP contribution in [0.2, 0.25) is 0 Å². The summed E-state index contributed by atoms with van der Waals surface area (Å²) in [7, 11) is -0.443. The van der Waals surface area contributed by atoms with Gasteiger partial charge in [-0.05, 0) is 84.0 Å². The van der Waals surface area contributed by atoms with Crippen molar-refractivity contribution in [2.45, 2.75) is 38.9 Å². The van der Waals surface area contributed by atoms with Crippen LogP contribution in [-0.4, -0.2) is 23.3 Å². The van der Waals surface area contributed by atoms with Crippen LogP contribution in [0.1, 0.15) is 27.7 Å². The van der Waals surface area contributed by atoms with Gasteiger partial charge in [-0.25, -0.2) is 4.98 Å². The maximum absolute atomic E-state index is 6.59. The molecule has 42 heavy (non-hydrogen) atoms. The van der Waals surface area contributed by atoms with E-state index in [4.69, 9.17) is 18.7 Å². The Bertz CT molecular complexity index is 2130. The molecule has 0 atom stereocenters. The van der Waals surface area contributed by atoms with Gasteiger partial charge in [0.1, 0.15) is 5.52 Å². The van der Waals surface area contributed by atoms with Gasteiger partial charge in [-0.2, -0.15) is 0 Å². The molecule has 5 heteroatoms. The van der Waals surface area contributed by atoms with E-state index in [2.05, 4.69) is 131 Å². The Morgan fingerprint density at radius 2 is 1.17 bits per heavy atom. The molecule has 1 saturated heterocycles. The van der Waals surface area contributed by atoms with Gasteiger partial charge < -0.3 is 13.7 Å². The molecule has 1 fully saturated rings. The monoisotopic (exact) mass is 547 g/mol. The largest absolute Gasteiger partial charge is 0.495 e. The second-order valence-corrected chi connectivity index (χ2v) is 12.2. The summed E-state index contributed by atoms with van der Waals surface area (Å²) in [5, 5.41) is 6.74. The van der Waals surface area contributed by atoms with Crippen LogP contribution in [0.4, 0.5) is 0 Å². The molecule has 0 aliphatic carbocycles. The van der Waals surface area contributed by atoms with Crippen LogP contribution in [0.3, 0.4) is 0 Å². The zero-order valence-corrected chi connectivity index (χ0v) is 24.1. The van der Waals surface area contributed by atoms with E-state index >= 15 is 0 Å². The maximum atomic E-state index is 6.59. The summed E-state index contributed by atoms with van der Waals surface area (Å²) in [5.41, 5.74) is 5.16. The minimum atomic E-state index is -0.443. The highest BCUT2D eigenvalue weighted by Gasteiger charge is 2.52. The van der Waals surface area contributed by atoms with E-state index in [-0.39, 0.29) is 0 Å². The first-order chi connectivity index (χ1) is 20.3. The number of hydrogen-bond acceptors (Lipinski definition) is 4.